The number of aromatic nitrogens is 1. The molecule has 0 radical (unpaired) electrons. The molecular formula is C14H20BNO3. The molecule has 1 aromatic rings. The predicted molar refractivity (Wildman–Crippen MR) is 73.8 cm³/mol. The van der Waals surface area contributed by atoms with Gasteiger partial charge in [-0.3, -0.25) is 4.79 Å². The highest BCUT2D eigenvalue weighted by Crippen LogP contribution is 2.36. The van der Waals surface area contributed by atoms with Crippen LogP contribution < -0.4 is 5.59 Å². The molecule has 1 saturated heterocycles. The summed E-state index contributed by atoms with van der Waals surface area (Å²) < 4.78 is 12.0. The first kappa shape index (κ1) is 12.9. The summed E-state index contributed by atoms with van der Waals surface area (Å²) in [5, 5.41) is 0. The maximum absolute atomic E-state index is 11.9. The number of hydrogen-bond acceptors (Lipinski definition) is 3. The summed E-state index contributed by atoms with van der Waals surface area (Å²) in [6.45, 7) is 8.12. The van der Waals surface area contributed by atoms with Crippen molar-refractivity contribution < 1.29 is 14.1 Å². The molecule has 0 bridgehead atoms. The number of fused-ring (bicyclic) bond motifs is 1. The van der Waals surface area contributed by atoms with Crippen LogP contribution in [0.25, 0.3) is 0 Å². The summed E-state index contributed by atoms with van der Waals surface area (Å²) in [7, 11) is -0.414. The van der Waals surface area contributed by atoms with Crippen LogP contribution in [0.5, 0.6) is 0 Å². The number of ketones is 1. The van der Waals surface area contributed by atoms with Crippen LogP contribution in [0.1, 0.15) is 56.6 Å². The van der Waals surface area contributed by atoms with Crippen LogP contribution >= 0.6 is 0 Å². The number of nitrogens with one attached hydrogen (secondary N) is 1. The van der Waals surface area contributed by atoms with Gasteiger partial charge >= 0.3 is 7.12 Å². The molecule has 1 N–H and O–H groups in total. The van der Waals surface area contributed by atoms with Gasteiger partial charge in [0.05, 0.1) is 11.2 Å². The van der Waals surface area contributed by atoms with E-state index in [9.17, 15) is 4.79 Å². The maximum atomic E-state index is 11.9. The molecule has 0 unspecified atom stereocenters. The lowest BCUT2D eigenvalue weighted by Gasteiger charge is -2.32. The second-order valence-corrected chi connectivity index (χ2v) is 6.48. The SMILES string of the molecule is CC1(C)OB(c2cc3c([nH]2)CCCC3=O)OC1(C)C. The van der Waals surface area contributed by atoms with Crippen LogP contribution in [-0.2, 0) is 15.7 Å². The number of rotatable bonds is 1. The van der Waals surface area contributed by atoms with Crippen LogP contribution in [-0.4, -0.2) is 29.1 Å². The van der Waals surface area contributed by atoms with Gasteiger partial charge in [0.25, 0.3) is 0 Å². The minimum absolute atomic E-state index is 0.222. The van der Waals surface area contributed by atoms with Gasteiger partial charge in [-0.25, -0.2) is 0 Å². The van der Waals surface area contributed by atoms with Crippen LogP contribution in [0.4, 0.5) is 0 Å². The van der Waals surface area contributed by atoms with Crippen molar-refractivity contribution in [1.82, 2.24) is 4.98 Å². The molecule has 0 saturated carbocycles. The summed E-state index contributed by atoms with van der Waals surface area (Å²) in [6.07, 6.45) is 2.50. The normalized spacial score (nSPS) is 24.6. The van der Waals surface area contributed by atoms with E-state index in [1.54, 1.807) is 0 Å². The van der Waals surface area contributed by atoms with Gasteiger partial charge in [-0.05, 0) is 46.6 Å². The summed E-state index contributed by atoms with van der Waals surface area (Å²) >= 11 is 0. The average Bonchev–Trinajstić information content (AvgIpc) is 2.80. The lowest BCUT2D eigenvalue weighted by Crippen LogP contribution is -2.41. The second-order valence-electron chi connectivity index (χ2n) is 6.48. The predicted octanol–water partition coefficient (Wildman–Crippen LogP) is 1.83. The fourth-order valence-electron chi connectivity index (χ4n) is 2.62. The van der Waals surface area contributed by atoms with Crippen molar-refractivity contribution in [2.45, 2.75) is 58.2 Å². The van der Waals surface area contributed by atoms with E-state index < -0.39 is 7.12 Å². The van der Waals surface area contributed by atoms with Crippen LogP contribution in [0.2, 0.25) is 0 Å². The quantitative estimate of drug-likeness (QED) is 0.785. The van der Waals surface area contributed by atoms with Crippen molar-refractivity contribution in [3.8, 4) is 0 Å². The van der Waals surface area contributed by atoms with Crippen molar-refractivity contribution in [2.24, 2.45) is 0 Å². The lowest BCUT2D eigenvalue weighted by molar-refractivity contribution is 0.00578. The fourth-order valence-corrected chi connectivity index (χ4v) is 2.62. The average molecular weight is 261 g/mol. The highest BCUT2D eigenvalue weighted by Gasteiger charge is 2.52. The Kier molecular flexibility index (Phi) is 2.70. The molecule has 1 aliphatic carbocycles. The molecule has 1 fully saturated rings. The number of carbonyl (C=O) groups is 1. The molecule has 0 atom stereocenters. The summed E-state index contributed by atoms with van der Waals surface area (Å²) in [5.41, 5.74) is 2.00. The van der Waals surface area contributed by atoms with E-state index in [-0.39, 0.29) is 17.0 Å². The molecule has 1 aliphatic heterocycles. The molecule has 2 heterocycles. The molecule has 4 nitrogen and oxygen atoms in total. The molecule has 0 amide bonds. The van der Waals surface area contributed by atoms with Gasteiger partial charge in [0.15, 0.2) is 5.78 Å². The van der Waals surface area contributed by atoms with Crippen molar-refractivity contribution in [3.05, 3.63) is 17.3 Å². The lowest BCUT2D eigenvalue weighted by atomic mass is 9.84. The van der Waals surface area contributed by atoms with E-state index >= 15 is 0 Å². The molecule has 0 aromatic carbocycles. The highest BCUT2D eigenvalue weighted by atomic mass is 16.7. The van der Waals surface area contributed by atoms with Gasteiger partial charge in [0.2, 0.25) is 0 Å². The Morgan fingerprint density at radius 1 is 1.16 bits per heavy atom. The van der Waals surface area contributed by atoms with Gasteiger partial charge in [-0.1, -0.05) is 0 Å². The molecule has 5 heteroatoms. The Morgan fingerprint density at radius 3 is 2.37 bits per heavy atom. The standard InChI is InChI=1S/C14H20BNO3/c1-13(2)14(3,4)19-15(18-13)12-8-9-10(16-12)6-5-7-11(9)17/h8,16H,5-7H2,1-4H3. The minimum atomic E-state index is -0.414. The van der Waals surface area contributed by atoms with E-state index in [1.807, 2.05) is 33.8 Å². The molecule has 2 aliphatic rings. The Morgan fingerprint density at radius 2 is 1.79 bits per heavy atom. The van der Waals surface area contributed by atoms with Gasteiger partial charge < -0.3 is 14.3 Å². The smallest absolute Gasteiger partial charge is 0.398 e. The topological polar surface area (TPSA) is 51.3 Å². The zero-order valence-electron chi connectivity index (χ0n) is 12.0. The Bertz CT molecular complexity index is 517. The number of H-pyrrole nitrogens is 1. The Hall–Kier alpha value is -1.07. The molecule has 0 spiro atoms. The zero-order chi connectivity index (χ0) is 13.8. The molecular weight excluding hydrogens is 241 g/mol. The largest absolute Gasteiger partial charge is 0.512 e. The first-order valence-corrected chi connectivity index (χ1v) is 6.91. The molecule has 3 rings (SSSR count). The number of aromatic amines is 1. The van der Waals surface area contributed by atoms with E-state index in [4.69, 9.17) is 9.31 Å². The summed E-state index contributed by atoms with van der Waals surface area (Å²) in [4.78, 5) is 15.2. The van der Waals surface area contributed by atoms with E-state index in [2.05, 4.69) is 4.98 Å². The Balaban J connectivity index is 1.91. The highest BCUT2D eigenvalue weighted by molar-refractivity contribution is 6.61. The van der Waals surface area contributed by atoms with E-state index in [1.165, 1.54) is 0 Å². The third kappa shape index (κ3) is 1.96. The number of carbonyl (C=O) groups excluding carboxylic acids is 1. The van der Waals surface area contributed by atoms with Crippen LogP contribution in [0.3, 0.4) is 0 Å². The van der Waals surface area contributed by atoms with Crippen LogP contribution in [0, 0.1) is 0 Å². The van der Waals surface area contributed by atoms with Gasteiger partial charge in [0, 0.05) is 23.3 Å². The fraction of sp³-hybridized carbons (Fsp3) is 0.643. The third-order valence-corrected chi connectivity index (χ3v) is 4.56. The second kappa shape index (κ2) is 3.96. The van der Waals surface area contributed by atoms with E-state index in [0.717, 1.165) is 29.7 Å². The van der Waals surface area contributed by atoms with Crippen molar-refractivity contribution in [1.29, 1.82) is 0 Å². The van der Waals surface area contributed by atoms with Crippen molar-refractivity contribution in [3.63, 3.8) is 0 Å². The van der Waals surface area contributed by atoms with Crippen molar-refractivity contribution >= 4 is 18.5 Å². The Labute approximate surface area is 114 Å². The number of hydrogen-bond donors (Lipinski definition) is 1. The van der Waals surface area contributed by atoms with E-state index in [0.29, 0.717) is 6.42 Å². The molecule has 1 aromatic heterocycles. The molecule has 102 valence electrons. The molecule has 19 heavy (non-hydrogen) atoms. The van der Waals surface area contributed by atoms with Crippen LogP contribution in [0.15, 0.2) is 6.07 Å². The summed E-state index contributed by atoms with van der Waals surface area (Å²) in [6, 6.07) is 1.90. The zero-order valence-corrected chi connectivity index (χ0v) is 12.0. The number of aryl methyl sites for hydroxylation is 1. The van der Waals surface area contributed by atoms with Crippen molar-refractivity contribution in [2.75, 3.05) is 0 Å². The minimum Gasteiger partial charge on any atom is -0.398 e. The van der Waals surface area contributed by atoms with Gasteiger partial charge in [0.1, 0.15) is 0 Å². The van der Waals surface area contributed by atoms with Gasteiger partial charge in [-0.15, -0.1) is 0 Å². The van der Waals surface area contributed by atoms with Gasteiger partial charge in [-0.2, -0.15) is 0 Å². The third-order valence-electron chi connectivity index (χ3n) is 4.56. The summed E-state index contributed by atoms with van der Waals surface area (Å²) in [5.74, 6) is 0.222. The number of Topliss-reactive ketones (excluding diaryl/α,β-unsaturated/α-hetero) is 1. The maximum Gasteiger partial charge on any atom is 0.512 e. The first-order valence-electron chi connectivity index (χ1n) is 6.91. The first-order chi connectivity index (χ1) is 8.80. The monoisotopic (exact) mass is 261 g/mol.